The molecule has 2 aromatic heterocycles. The molecule has 0 amide bonds. The summed E-state index contributed by atoms with van der Waals surface area (Å²) in [7, 11) is 0. The van der Waals surface area contributed by atoms with E-state index in [4.69, 9.17) is 4.98 Å². The number of ketones is 1. The van der Waals surface area contributed by atoms with Crippen molar-refractivity contribution in [2.45, 2.75) is 29.8 Å². The molecule has 2 aromatic carbocycles. The van der Waals surface area contributed by atoms with E-state index in [2.05, 4.69) is 18.0 Å². The van der Waals surface area contributed by atoms with Gasteiger partial charge in [-0.15, -0.1) is 23.1 Å². The molecule has 0 N–H and O–H groups in total. The zero-order chi connectivity index (χ0) is 21.4. The minimum atomic E-state index is -0.0461. The number of rotatable bonds is 6. The number of aryl methyl sites for hydroxylation is 2. The molecular weight excluding hydrogens is 446 g/mol. The minimum Gasteiger partial charge on any atom is -0.298 e. The summed E-state index contributed by atoms with van der Waals surface area (Å²) in [6.45, 7) is 2.05. The summed E-state index contributed by atoms with van der Waals surface area (Å²) in [4.78, 5) is 35.9. The Hall–Kier alpha value is -2.42. The molecule has 1 aliphatic heterocycles. The van der Waals surface area contributed by atoms with E-state index in [1.54, 1.807) is 27.7 Å². The van der Waals surface area contributed by atoms with Gasteiger partial charge in [-0.3, -0.25) is 14.2 Å². The summed E-state index contributed by atoms with van der Waals surface area (Å²) < 4.78 is 2.74. The summed E-state index contributed by atoms with van der Waals surface area (Å²) in [5.74, 6) is 1.20. The fraction of sp³-hybridized carbons (Fsp3) is 0.217. The topological polar surface area (TPSA) is 64.8 Å². The van der Waals surface area contributed by atoms with Crippen LogP contribution in [0, 0.1) is 6.92 Å². The number of thioether (sulfide) groups is 2. The van der Waals surface area contributed by atoms with E-state index >= 15 is 0 Å². The van der Waals surface area contributed by atoms with Gasteiger partial charge in [-0.25, -0.2) is 9.97 Å². The van der Waals surface area contributed by atoms with Gasteiger partial charge in [0.25, 0.3) is 5.56 Å². The van der Waals surface area contributed by atoms with Gasteiger partial charge >= 0.3 is 0 Å². The summed E-state index contributed by atoms with van der Waals surface area (Å²) in [5.41, 5.74) is 3.69. The van der Waals surface area contributed by atoms with Crippen LogP contribution in [-0.4, -0.2) is 31.8 Å². The largest absolute Gasteiger partial charge is 0.298 e. The van der Waals surface area contributed by atoms with Crippen molar-refractivity contribution in [3.63, 3.8) is 0 Å². The molecule has 0 bridgehead atoms. The molecule has 0 radical (unpaired) electrons. The minimum absolute atomic E-state index is 0.0461. The Morgan fingerprint density at radius 1 is 1.16 bits per heavy atom. The molecule has 0 spiro atoms. The monoisotopic (exact) mass is 465 g/mol. The third kappa shape index (κ3) is 4.20. The molecule has 8 heteroatoms. The highest BCUT2D eigenvalue weighted by Gasteiger charge is 2.23. The molecule has 1 aliphatic rings. The molecule has 4 aromatic rings. The van der Waals surface area contributed by atoms with Crippen LogP contribution in [0.25, 0.3) is 15.9 Å². The van der Waals surface area contributed by atoms with Crippen molar-refractivity contribution in [1.82, 2.24) is 14.5 Å². The Labute approximate surface area is 191 Å². The van der Waals surface area contributed by atoms with Gasteiger partial charge in [-0.05, 0) is 36.8 Å². The smallest absolute Gasteiger partial charge is 0.272 e. The molecule has 3 heterocycles. The molecule has 0 saturated carbocycles. The van der Waals surface area contributed by atoms with Gasteiger partial charge in [0, 0.05) is 12.2 Å². The maximum Gasteiger partial charge on any atom is 0.272 e. The number of carbonyl (C=O) groups is 1. The Balaban J connectivity index is 1.38. The molecule has 0 aliphatic carbocycles. The van der Waals surface area contributed by atoms with Crippen LogP contribution in [0.5, 0.6) is 0 Å². The molecule has 0 atom stereocenters. The number of aromatic nitrogens is 3. The fourth-order valence-corrected chi connectivity index (χ4v) is 6.52. The fourth-order valence-electron chi connectivity index (χ4n) is 3.51. The molecule has 5 nitrogen and oxygen atoms in total. The van der Waals surface area contributed by atoms with E-state index in [9.17, 15) is 9.59 Å². The lowest BCUT2D eigenvalue weighted by Gasteiger charge is -2.13. The first-order valence-electron chi connectivity index (χ1n) is 9.93. The van der Waals surface area contributed by atoms with E-state index in [0.29, 0.717) is 11.6 Å². The molecular formula is C23H19N3O2S3. The number of nitrogens with zero attached hydrogens (tertiary/aromatic N) is 3. The number of hydrogen-bond donors (Lipinski definition) is 0. The van der Waals surface area contributed by atoms with Gasteiger partial charge in [0.15, 0.2) is 5.16 Å². The Morgan fingerprint density at radius 3 is 2.84 bits per heavy atom. The van der Waals surface area contributed by atoms with E-state index in [-0.39, 0.29) is 17.1 Å². The zero-order valence-electron chi connectivity index (χ0n) is 16.8. The number of fused-ring (bicyclic) bond motifs is 2. The van der Waals surface area contributed by atoms with E-state index in [0.717, 1.165) is 43.7 Å². The quantitative estimate of drug-likeness (QED) is 0.304. The van der Waals surface area contributed by atoms with Crippen molar-refractivity contribution in [2.75, 3.05) is 11.5 Å². The standard InChI is InChI=1S/C23H19N3O2S3/c1-14-7-8-17-19(11-14)31-20(24-17)12-16(27)13-30-23-25-18-9-10-29-21(18)22(28)26(23)15-5-3-2-4-6-15/h2-8,11H,9-10,12-13H2,1H3. The van der Waals surface area contributed by atoms with Gasteiger partial charge in [0.05, 0.1) is 38.7 Å². The number of thiazole rings is 1. The summed E-state index contributed by atoms with van der Waals surface area (Å²) in [5, 5.41) is 1.40. The van der Waals surface area contributed by atoms with Crippen LogP contribution in [-0.2, 0) is 17.6 Å². The average molecular weight is 466 g/mol. The van der Waals surface area contributed by atoms with E-state index in [1.165, 1.54) is 17.3 Å². The third-order valence-electron chi connectivity index (χ3n) is 4.98. The highest BCUT2D eigenvalue weighted by atomic mass is 32.2. The van der Waals surface area contributed by atoms with Crippen LogP contribution in [0.3, 0.4) is 0 Å². The van der Waals surface area contributed by atoms with Crippen molar-refractivity contribution in [3.8, 4) is 5.69 Å². The maximum atomic E-state index is 13.1. The van der Waals surface area contributed by atoms with Gasteiger partial charge in [-0.1, -0.05) is 36.0 Å². The highest BCUT2D eigenvalue weighted by molar-refractivity contribution is 8.00. The van der Waals surface area contributed by atoms with Crippen LogP contribution in [0.15, 0.2) is 63.4 Å². The van der Waals surface area contributed by atoms with Crippen LogP contribution in [0.1, 0.15) is 16.3 Å². The number of hydrogen-bond acceptors (Lipinski definition) is 7. The van der Waals surface area contributed by atoms with Crippen molar-refractivity contribution in [1.29, 1.82) is 0 Å². The first-order chi connectivity index (χ1) is 15.1. The van der Waals surface area contributed by atoms with Crippen LogP contribution >= 0.6 is 34.9 Å². The lowest BCUT2D eigenvalue weighted by molar-refractivity contribution is -0.116. The SMILES string of the molecule is Cc1ccc2nc(CC(=O)CSc3nc4c(c(=O)n3-c3ccccc3)SCC4)sc2c1. The van der Waals surface area contributed by atoms with Crippen molar-refractivity contribution >= 4 is 50.9 Å². The van der Waals surface area contributed by atoms with Crippen LogP contribution in [0.2, 0.25) is 0 Å². The third-order valence-corrected chi connectivity index (χ3v) is 8.10. The Morgan fingerprint density at radius 2 is 2.00 bits per heavy atom. The predicted octanol–water partition coefficient (Wildman–Crippen LogP) is 4.70. The van der Waals surface area contributed by atoms with Crippen molar-refractivity contribution in [3.05, 3.63) is 75.1 Å². The first-order valence-corrected chi connectivity index (χ1v) is 12.7. The Bertz CT molecular complexity index is 1350. The number of benzene rings is 2. The average Bonchev–Trinajstić information content (AvgIpc) is 3.39. The van der Waals surface area contributed by atoms with Crippen molar-refractivity contribution < 1.29 is 4.79 Å². The lowest BCUT2D eigenvalue weighted by Crippen LogP contribution is -2.24. The second-order valence-corrected chi connectivity index (χ2v) is 10.5. The van der Waals surface area contributed by atoms with Gasteiger partial charge < -0.3 is 0 Å². The maximum absolute atomic E-state index is 13.1. The molecule has 0 saturated heterocycles. The summed E-state index contributed by atoms with van der Waals surface area (Å²) >= 11 is 4.46. The van der Waals surface area contributed by atoms with Gasteiger partial charge in [0.1, 0.15) is 10.8 Å². The number of carbonyl (C=O) groups excluding carboxylic acids is 1. The van der Waals surface area contributed by atoms with E-state index < -0.39 is 0 Å². The normalized spacial score (nSPS) is 12.9. The highest BCUT2D eigenvalue weighted by Crippen LogP contribution is 2.30. The van der Waals surface area contributed by atoms with Gasteiger partial charge in [-0.2, -0.15) is 0 Å². The molecule has 0 fully saturated rings. The van der Waals surface area contributed by atoms with Crippen LogP contribution < -0.4 is 5.56 Å². The molecule has 156 valence electrons. The number of para-hydroxylation sites is 1. The summed E-state index contributed by atoms with van der Waals surface area (Å²) in [6, 6.07) is 15.6. The molecule has 0 unspecified atom stereocenters. The lowest BCUT2D eigenvalue weighted by atomic mass is 10.2. The van der Waals surface area contributed by atoms with Crippen molar-refractivity contribution in [2.24, 2.45) is 0 Å². The second-order valence-electron chi connectivity index (χ2n) is 7.33. The molecule has 5 rings (SSSR count). The Kier molecular flexibility index (Phi) is 5.69. The summed E-state index contributed by atoms with van der Waals surface area (Å²) in [6.07, 6.45) is 1.08. The second kappa shape index (κ2) is 8.61. The van der Waals surface area contributed by atoms with E-state index in [1.807, 2.05) is 42.5 Å². The predicted molar refractivity (Wildman–Crippen MR) is 128 cm³/mol. The zero-order valence-corrected chi connectivity index (χ0v) is 19.3. The van der Waals surface area contributed by atoms with Gasteiger partial charge in [0.2, 0.25) is 0 Å². The first kappa shape index (κ1) is 20.5. The molecule has 31 heavy (non-hydrogen) atoms. The van der Waals surface area contributed by atoms with Crippen LogP contribution in [0.4, 0.5) is 0 Å². The number of Topliss-reactive ketones (excluding diaryl/α,β-unsaturated/α-hetero) is 1.